The molecule has 0 amide bonds. The summed E-state index contributed by atoms with van der Waals surface area (Å²) in [7, 11) is 0. The third kappa shape index (κ3) is 3.97. The molecule has 0 aliphatic heterocycles. The minimum absolute atomic E-state index is 0.606. The third-order valence-corrected chi connectivity index (χ3v) is 3.17. The van der Waals surface area contributed by atoms with Crippen LogP contribution in [0, 0.1) is 6.92 Å². The van der Waals surface area contributed by atoms with Crippen LogP contribution in [0.3, 0.4) is 0 Å². The number of nitrogens with one attached hydrogen (secondary N) is 1. The molecule has 1 nitrogen and oxygen atoms in total. The molecular formula is C15H25N. The highest BCUT2D eigenvalue weighted by atomic mass is 14.9. The largest absolute Gasteiger partial charge is 0.314 e. The summed E-state index contributed by atoms with van der Waals surface area (Å²) >= 11 is 0. The summed E-state index contributed by atoms with van der Waals surface area (Å²) in [5.41, 5.74) is 2.91. The molecule has 16 heavy (non-hydrogen) atoms. The van der Waals surface area contributed by atoms with Gasteiger partial charge in [-0.3, -0.25) is 0 Å². The van der Waals surface area contributed by atoms with Gasteiger partial charge in [-0.2, -0.15) is 0 Å². The van der Waals surface area contributed by atoms with Gasteiger partial charge in [-0.1, -0.05) is 38.1 Å². The molecule has 0 spiro atoms. The van der Waals surface area contributed by atoms with Crippen LogP contribution in [0.4, 0.5) is 0 Å². The zero-order valence-corrected chi connectivity index (χ0v) is 11.1. The van der Waals surface area contributed by atoms with Crippen molar-refractivity contribution in [1.29, 1.82) is 0 Å². The van der Waals surface area contributed by atoms with Gasteiger partial charge in [-0.15, -0.1) is 0 Å². The summed E-state index contributed by atoms with van der Waals surface area (Å²) < 4.78 is 0. The molecule has 1 aromatic carbocycles. The number of rotatable bonds is 6. The molecular weight excluding hydrogens is 194 g/mol. The Kier molecular flexibility index (Phi) is 5.54. The fourth-order valence-corrected chi connectivity index (χ4v) is 2.27. The van der Waals surface area contributed by atoms with Gasteiger partial charge in [0.05, 0.1) is 0 Å². The van der Waals surface area contributed by atoms with Crippen LogP contribution < -0.4 is 5.32 Å². The molecule has 0 aliphatic rings. The Morgan fingerprint density at radius 3 is 2.50 bits per heavy atom. The first-order valence-electron chi connectivity index (χ1n) is 6.44. The zero-order valence-electron chi connectivity index (χ0n) is 11.1. The highest BCUT2D eigenvalue weighted by Gasteiger charge is 2.11. The summed E-state index contributed by atoms with van der Waals surface area (Å²) in [6.07, 6.45) is 2.42. The van der Waals surface area contributed by atoms with Crippen LogP contribution in [0.25, 0.3) is 0 Å². The fourth-order valence-electron chi connectivity index (χ4n) is 2.27. The van der Waals surface area contributed by atoms with Gasteiger partial charge in [-0.25, -0.2) is 0 Å². The lowest BCUT2D eigenvalue weighted by Gasteiger charge is -2.20. The van der Waals surface area contributed by atoms with Crippen molar-refractivity contribution in [2.24, 2.45) is 0 Å². The van der Waals surface area contributed by atoms with Crippen molar-refractivity contribution in [2.75, 3.05) is 6.54 Å². The maximum absolute atomic E-state index is 3.55. The Balaban J connectivity index is 2.52. The van der Waals surface area contributed by atoms with Crippen LogP contribution in [0.5, 0.6) is 0 Å². The van der Waals surface area contributed by atoms with Crippen LogP contribution in [0.2, 0.25) is 0 Å². The number of aryl methyl sites for hydroxylation is 1. The van der Waals surface area contributed by atoms with E-state index in [1.807, 2.05) is 0 Å². The van der Waals surface area contributed by atoms with Crippen LogP contribution in [-0.4, -0.2) is 12.6 Å². The van der Waals surface area contributed by atoms with Gasteiger partial charge in [0, 0.05) is 6.04 Å². The summed E-state index contributed by atoms with van der Waals surface area (Å²) in [5, 5.41) is 3.55. The van der Waals surface area contributed by atoms with E-state index in [2.05, 4.69) is 57.3 Å². The van der Waals surface area contributed by atoms with E-state index in [0.717, 1.165) is 6.54 Å². The van der Waals surface area contributed by atoms with Crippen molar-refractivity contribution in [3.63, 3.8) is 0 Å². The standard InChI is InChI=1S/C15H25N/c1-5-10-16-14(4)11-13(3)15-9-7-6-8-12(15)2/h6-9,13-14,16H,5,10-11H2,1-4H3. The lowest BCUT2D eigenvalue weighted by atomic mass is 9.91. The number of hydrogen-bond donors (Lipinski definition) is 1. The second kappa shape index (κ2) is 6.70. The van der Waals surface area contributed by atoms with Gasteiger partial charge in [-0.05, 0) is 50.3 Å². The quantitative estimate of drug-likeness (QED) is 0.765. The second-order valence-electron chi connectivity index (χ2n) is 4.85. The molecule has 0 saturated carbocycles. The van der Waals surface area contributed by atoms with E-state index < -0.39 is 0 Å². The van der Waals surface area contributed by atoms with Crippen LogP contribution in [0.15, 0.2) is 24.3 Å². The van der Waals surface area contributed by atoms with Crippen molar-refractivity contribution in [2.45, 2.75) is 52.5 Å². The first kappa shape index (κ1) is 13.2. The van der Waals surface area contributed by atoms with E-state index in [9.17, 15) is 0 Å². The first-order chi connectivity index (χ1) is 7.65. The summed E-state index contributed by atoms with van der Waals surface area (Å²) in [6.45, 7) is 10.2. The number of benzene rings is 1. The summed E-state index contributed by atoms with van der Waals surface area (Å²) in [4.78, 5) is 0. The van der Waals surface area contributed by atoms with Crippen molar-refractivity contribution >= 4 is 0 Å². The second-order valence-corrected chi connectivity index (χ2v) is 4.85. The summed E-state index contributed by atoms with van der Waals surface area (Å²) in [6, 6.07) is 9.32. The van der Waals surface area contributed by atoms with Crippen molar-refractivity contribution in [3.05, 3.63) is 35.4 Å². The Hall–Kier alpha value is -0.820. The van der Waals surface area contributed by atoms with Gasteiger partial charge >= 0.3 is 0 Å². The van der Waals surface area contributed by atoms with Crippen molar-refractivity contribution < 1.29 is 0 Å². The minimum Gasteiger partial charge on any atom is -0.314 e. The predicted molar refractivity (Wildman–Crippen MR) is 72.0 cm³/mol. The number of hydrogen-bond acceptors (Lipinski definition) is 1. The average molecular weight is 219 g/mol. The molecule has 0 bridgehead atoms. The van der Waals surface area contributed by atoms with E-state index in [1.165, 1.54) is 24.0 Å². The molecule has 0 saturated heterocycles. The molecule has 0 heterocycles. The van der Waals surface area contributed by atoms with Crippen LogP contribution in [-0.2, 0) is 0 Å². The van der Waals surface area contributed by atoms with Gasteiger partial charge in [0.15, 0.2) is 0 Å². The smallest absolute Gasteiger partial charge is 0.00444 e. The highest BCUT2D eigenvalue weighted by molar-refractivity contribution is 5.28. The van der Waals surface area contributed by atoms with Gasteiger partial charge in [0.25, 0.3) is 0 Å². The molecule has 0 fully saturated rings. The minimum atomic E-state index is 0.606. The van der Waals surface area contributed by atoms with Crippen LogP contribution in [0.1, 0.15) is 50.7 Å². The Bertz CT molecular complexity index is 306. The van der Waals surface area contributed by atoms with Crippen molar-refractivity contribution in [3.8, 4) is 0 Å². The maximum Gasteiger partial charge on any atom is 0.00444 e. The third-order valence-electron chi connectivity index (χ3n) is 3.17. The molecule has 90 valence electrons. The first-order valence-corrected chi connectivity index (χ1v) is 6.44. The predicted octanol–water partition coefficient (Wildman–Crippen LogP) is 3.88. The average Bonchev–Trinajstić information content (AvgIpc) is 2.26. The highest BCUT2D eigenvalue weighted by Crippen LogP contribution is 2.23. The fraction of sp³-hybridized carbons (Fsp3) is 0.600. The molecule has 1 N–H and O–H groups in total. The lowest BCUT2D eigenvalue weighted by molar-refractivity contribution is 0.478. The Labute approximate surface area is 100 Å². The van der Waals surface area contributed by atoms with E-state index in [0.29, 0.717) is 12.0 Å². The van der Waals surface area contributed by atoms with Crippen molar-refractivity contribution in [1.82, 2.24) is 5.32 Å². The van der Waals surface area contributed by atoms with Crippen LogP contribution >= 0.6 is 0 Å². The molecule has 1 heteroatoms. The SMILES string of the molecule is CCCNC(C)CC(C)c1ccccc1C. The lowest BCUT2D eigenvalue weighted by Crippen LogP contribution is -2.28. The van der Waals surface area contributed by atoms with Gasteiger partial charge < -0.3 is 5.32 Å². The Morgan fingerprint density at radius 1 is 1.19 bits per heavy atom. The Morgan fingerprint density at radius 2 is 1.88 bits per heavy atom. The molecule has 2 atom stereocenters. The zero-order chi connectivity index (χ0) is 12.0. The van der Waals surface area contributed by atoms with E-state index in [1.54, 1.807) is 0 Å². The molecule has 1 aromatic rings. The van der Waals surface area contributed by atoms with E-state index in [4.69, 9.17) is 0 Å². The molecule has 0 radical (unpaired) electrons. The molecule has 0 aromatic heterocycles. The maximum atomic E-state index is 3.55. The molecule has 2 unspecified atom stereocenters. The monoisotopic (exact) mass is 219 g/mol. The molecule has 1 rings (SSSR count). The summed E-state index contributed by atoms with van der Waals surface area (Å²) in [5.74, 6) is 0.639. The normalized spacial score (nSPS) is 14.8. The van der Waals surface area contributed by atoms with Gasteiger partial charge in [0.2, 0.25) is 0 Å². The topological polar surface area (TPSA) is 12.0 Å². The van der Waals surface area contributed by atoms with Gasteiger partial charge in [0.1, 0.15) is 0 Å². The molecule has 0 aliphatic carbocycles. The van der Waals surface area contributed by atoms with E-state index >= 15 is 0 Å². The van der Waals surface area contributed by atoms with E-state index in [-0.39, 0.29) is 0 Å².